The lowest BCUT2D eigenvalue weighted by atomic mass is 10.2. The van der Waals surface area contributed by atoms with E-state index in [-0.39, 0.29) is 23.1 Å². The largest absolute Gasteiger partial charge is 0.375 e. The van der Waals surface area contributed by atoms with Crippen molar-refractivity contribution in [2.24, 2.45) is 0 Å². The van der Waals surface area contributed by atoms with Crippen LogP contribution in [0, 0.1) is 0 Å². The van der Waals surface area contributed by atoms with Crippen LogP contribution in [-0.2, 0) is 18.6 Å². The number of carbonyl (C=O) groups is 1. The fraction of sp³-hybridized carbons (Fsp3) is 0.545. The maximum absolute atomic E-state index is 11.8. The number of thiophene rings is 1. The average molecular weight is 362 g/mol. The summed E-state index contributed by atoms with van der Waals surface area (Å²) < 4.78 is 50.5. The number of nitrogens with one attached hydrogen (secondary N) is 1. The number of hydrogen-bond acceptors (Lipinski definition) is 5. The summed E-state index contributed by atoms with van der Waals surface area (Å²) in [4.78, 5) is 12.2. The average Bonchev–Trinajstić information content (AvgIpc) is 2.83. The Morgan fingerprint density at radius 1 is 1.48 bits per heavy atom. The Morgan fingerprint density at radius 3 is 2.67 bits per heavy atom. The van der Waals surface area contributed by atoms with Gasteiger partial charge in [-0.15, -0.1) is 11.3 Å². The van der Waals surface area contributed by atoms with Crippen LogP contribution >= 0.6 is 22.0 Å². The van der Waals surface area contributed by atoms with Gasteiger partial charge in [0, 0.05) is 22.0 Å². The summed E-state index contributed by atoms with van der Waals surface area (Å²) in [6.45, 7) is 0.869. The van der Waals surface area contributed by atoms with Gasteiger partial charge in [-0.05, 0) is 19.1 Å². The molecule has 1 aromatic heterocycles. The number of carbonyl (C=O) groups excluding carboxylic acids is 1. The molecular weight excluding hydrogens is 348 g/mol. The van der Waals surface area contributed by atoms with E-state index in [1.807, 2.05) is 0 Å². The van der Waals surface area contributed by atoms with Crippen LogP contribution in [0.25, 0.3) is 0 Å². The summed E-state index contributed by atoms with van der Waals surface area (Å²) in [5, 5.41) is 2.62. The van der Waals surface area contributed by atoms with E-state index in [9.17, 15) is 22.0 Å². The van der Waals surface area contributed by atoms with Gasteiger partial charge in [0.2, 0.25) is 5.91 Å². The number of hydrogen-bond donors (Lipinski definition) is 1. The highest BCUT2D eigenvalue weighted by atomic mass is 35.7. The van der Waals surface area contributed by atoms with E-state index in [4.69, 9.17) is 10.7 Å². The van der Waals surface area contributed by atoms with E-state index in [0.29, 0.717) is 4.88 Å². The zero-order valence-corrected chi connectivity index (χ0v) is 13.4. The van der Waals surface area contributed by atoms with Crippen LogP contribution in [0.15, 0.2) is 16.3 Å². The molecule has 5 nitrogen and oxygen atoms in total. The summed E-state index contributed by atoms with van der Waals surface area (Å²) in [5.74, 6) is -0.375. The first-order valence-electron chi connectivity index (χ1n) is 5.90. The van der Waals surface area contributed by atoms with Crippen molar-refractivity contribution in [3.63, 3.8) is 0 Å². The van der Waals surface area contributed by atoms with Crippen molar-refractivity contribution in [3.05, 3.63) is 17.0 Å². The SMILES string of the molecule is CC(NC(=O)CCOCC(F)F)c1ccc(S(=O)(=O)Cl)s1. The molecule has 21 heavy (non-hydrogen) atoms. The van der Waals surface area contributed by atoms with Crippen LogP contribution < -0.4 is 5.32 Å². The smallest absolute Gasteiger partial charge is 0.270 e. The van der Waals surface area contributed by atoms with Crippen LogP contribution in [0.2, 0.25) is 0 Å². The number of halogens is 3. The zero-order chi connectivity index (χ0) is 16.0. The van der Waals surface area contributed by atoms with Crippen molar-refractivity contribution in [1.82, 2.24) is 5.32 Å². The Kier molecular flexibility index (Phi) is 6.98. The highest BCUT2D eigenvalue weighted by Crippen LogP contribution is 2.28. The van der Waals surface area contributed by atoms with Crippen molar-refractivity contribution < 1.29 is 26.7 Å². The third kappa shape index (κ3) is 6.68. The van der Waals surface area contributed by atoms with Gasteiger partial charge in [-0.3, -0.25) is 4.79 Å². The lowest BCUT2D eigenvalue weighted by Gasteiger charge is -2.12. The molecule has 1 atom stereocenters. The number of alkyl halides is 2. The topological polar surface area (TPSA) is 72.5 Å². The maximum atomic E-state index is 11.8. The number of rotatable bonds is 8. The van der Waals surface area contributed by atoms with E-state index in [2.05, 4.69) is 10.1 Å². The highest BCUT2D eigenvalue weighted by Gasteiger charge is 2.17. The molecule has 0 aliphatic rings. The molecule has 0 bridgehead atoms. The van der Waals surface area contributed by atoms with Crippen molar-refractivity contribution in [2.45, 2.75) is 30.0 Å². The van der Waals surface area contributed by atoms with Crippen LogP contribution in [0.4, 0.5) is 8.78 Å². The maximum Gasteiger partial charge on any atom is 0.270 e. The molecule has 10 heteroatoms. The summed E-state index contributed by atoms with van der Waals surface area (Å²) in [6.07, 6.45) is -2.61. The Balaban J connectivity index is 2.44. The molecule has 0 fully saturated rings. The predicted octanol–water partition coefficient (Wildman–Crippen LogP) is 2.52. The van der Waals surface area contributed by atoms with Crippen molar-refractivity contribution >= 4 is 37.0 Å². The third-order valence-electron chi connectivity index (χ3n) is 2.36. The molecule has 1 aromatic rings. The molecule has 1 amide bonds. The van der Waals surface area contributed by atoms with Gasteiger partial charge in [0.1, 0.15) is 10.8 Å². The molecule has 1 N–H and O–H groups in total. The number of amides is 1. The first-order chi connectivity index (χ1) is 9.70. The first-order valence-corrected chi connectivity index (χ1v) is 9.02. The zero-order valence-electron chi connectivity index (χ0n) is 11.0. The van der Waals surface area contributed by atoms with Gasteiger partial charge in [-0.2, -0.15) is 0 Å². The molecule has 0 aliphatic carbocycles. The number of ether oxygens (including phenoxy) is 1. The molecule has 0 radical (unpaired) electrons. The van der Waals surface area contributed by atoms with E-state index < -0.39 is 28.1 Å². The molecule has 0 aliphatic heterocycles. The van der Waals surface area contributed by atoms with Gasteiger partial charge in [0.05, 0.1) is 12.6 Å². The first kappa shape index (κ1) is 18.3. The highest BCUT2D eigenvalue weighted by molar-refractivity contribution is 8.15. The molecule has 0 saturated carbocycles. The molecule has 1 unspecified atom stereocenters. The van der Waals surface area contributed by atoms with Gasteiger partial charge in [0.15, 0.2) is 0 Å². The predicted molar refractivity (Wildman–Crippen MR) is 75.4 cm³/mol. The molecule has 120 valence electrons. The minimum atomic E-state index is -3.78. The van der Waals surface area contributed by atoms with E-state index in [1.54, 1.807) is 13.0 Å². The summed E-state index contributed by atoms with van der Waals surface area (Å²) in [7, 11) is 1.43. The van der Waals surface area contributed by atoms with Crippen molar-refractivity contribution in [2.75, 3.05) is 13.2 Å². The molecular formula is C11H14ClF2NO4S2. The summed E-state index contributed by atoms with van der Waals surface area (Å²) in [6, 6.07) is 2.50. The van der Waals surface area contributed by atoms with Crippen molar-refractivity contribution in [1.29, 1.82) is 0 Å². The minimum absolute atomic E-state index is 0.000493. The van der Waals surface area contributed by atoms with Crippen molar-refractivity contribution in [3.8, 4) is 0 Å². The lowest BCUT2D eigenvalue weighted by Crippen LogP contribution is -2.27. The van der Waals surface area contributed by atoms with Crippen LogP contribution in [0.5, 0.6) is 0 Å². The second-order valence-electron chi connectivity index (χ2n) is 4.10. The van der Waals surface area contributed by atoms with Gasteiger partial charge in [-0.1, -0.05) is 0 Å². The molecule has 0 spiro atoms. The van der Waals surface area contributed by atoms with Crippen LogP contribution in [0.1, 0.15) is 24.3 Å². The van der Waals surface area contributed by atoms with Gasteiger partial charge < -0.3 is 10.1 Å². The Labute approximate surface area is 129 Å². The Hall–Kier alpha value is -0.770. The monoisotopic (exact) mass is 361 g/mol. The normalized spacial score (nSPS) is 13.4. The van der Waals surface area contributed by atoms with E-state index in [1.165, 1.54) is 6.07 Å². The van der Waals surface area contributed by atoms with Gasteiger partial charge >= 0.3 is 0 Å². The summed E-state index contributed by atoms with van der Waals surface area (Å²) >= 11 is 0.957. The lowest BCUT2D eigenvalue weighted by molar-refractivity contribution is -0.123. The molecule has 0 saturated heterocycles. The van der Waals surface area contributed by atoms with E-state index in [0.717, 1.165) is 11.3 Å². The van der Waals surface area contributed by atoms with Gasteiger partial charge in [0.25, 0.3) is 15.5 Å². The fourth-order valence-electron chi connectivity index (χ4n) is 1.42. The quantitative estimate of drug-likeness (QED) is 0.570. The molecule has 0 aromatic carbocycles. The Morgan fingerprint density at radius 2 is 2.14 bits per heavy atom. The van der Waals surface area contributed by atoms with Gasteiger partial charge in [-0.25, -0.2) is 17.2 Å². The van der Waals surface area contributed by atoms with Crippen LogP contribution in [0.3, 0.4) is 0 Å². The second-order valence-corrected chi connectivity index (χ2v) is 8.01. The summed E-state index contributed by atoms with van der Waals surface area (Å²) in [5.41, 5.74) is 0. The third-order valence-corrected chi connectivity index (χ3v) is 5.72. The minimum Gasteiger partial charge on any atom is -0.375 e. The molecule has 1 rings (SSSR count). The van der Waals surface area contributed by atoms with E-state index >= 15 is 0 Å². The second kappa shape index (κ2) is 8.02. The van der Waals surface area contributed by atoms with Crippen LogP contribution in [-0.4, -0.2) is 34.0 Å². The standard InChI is InChI=1S/C11H14ClF2NO4S2/c1-7(8-2-3-11(20-8)21(12,17)18)15-10(16)4-5-19-6-9(13)14/h2-3,7,9H,4-6H2,1H3,(H,15,16). The fourth-order valence-corrected chi connectivity index (χ4v) is 3.52. The Bertz CT molecular complexity index is 577. The molecule has 1 heterocycles.